The summed E-state index contributed by atoms with van der Waals surface area (Å²) in [6.07, 6.45) is 3.28. The van der Waals surface area contributed by atoms with Gasteiger partial charge in [-0.05, 0) is 48.4 Å². The first-order valence-electron chi connectivity index (χ1n) is 9.68. The number of nitrogens with zero attached hydrogens (tertiary/aromatic N) is 1. The predicted octanol–water partition coefficient (Wildman–Crippen LogP) is 3.35. The minimum atomic E-state index is -3.76. The second-order valence-corrected chi connectivity index (χ2v) is 8.82. The molecule has 0 spiro atoms. The van der Waals surface area contributed by atoms with Crippen LogP contribution in [-0.4, -0.2) is 32.5 Å². The van der Waals surface area contributed by atoms with Crippen molar-refractivity contribution >= 4 is 15.7 Å². The van der Waals surface area contributed by atoms with Crippen LogP contribution in [0.25, 0.3) is 0 Å². The quantitative estimate of drug-likeness (QED) is 0.569. The zero-order valence-corrected chi connectivity index (χ0v) is 17.5. The number of amides is 1. The highest BCUT2D eigenvalue weighted by atomic mass is 32.2. The van der Waals surface area contributed by atoms with Gasteiger partial charge < -0.3 is 10.1 Å². The number of rotatable bonds is 9. The molecule has 1 atom stereocenters. The molecule has 6 nitrogen and oxygen atoms in total. The number of aromatic nitrogens is 1. The molecule has 1 amide bonds. The zero-order valence-electron chi connectivity index (χ0n) is 16.7. The second kappa shape index (κ2) is 10.0. The molecule has 1 unspecified atom stereocenters. The number of benzene rings is 2. The van der Waals surface area contributed by atoms with Crippen LogP contribution >= 0.6 is 0 Å². The Kier molecular flexibility index (Phi) is 7.19. The maximum Gasteiger partial charge on any atom is 0.224 e. The van der Waals surface area contributed by atoms with Crippen molar-refractivity contribution in [3.63, 3.8) is 0 Å². The zero-order chi connectivity index (χ0) is 21.4. The van der Waals surface area contributed by atoms with Crippen LogP contribution in [0.15, 0.2) is 84.0 Å². The van der Waals surface area contributed by atoms with Crippen LogP contribution < -0.4 is 10.1 Å². The van der Waals surface area contributed by atoms with Gasteiger partial charge in [-0.25, -0.2) is 8.42 Å². The summed E-state index contributed by atoms with van der Waals surface area (Å²) in [6, 6.07) is 19.0. The molecule has 7 heteroatoms. The van der Waals surface area contributed by atoms with Crippen LogP contribution in [0.1, 0.15) is 23.3 Å². The molecule has 30 heavy (non-hydrogen) atoms. The van der Waals surface area contributed by atoms with E-state index in [1.54, 1.807) is 30.5 Å². The lowest BCUT2D eigenvalue weighted by atomic mass is 10.1. The molecule has 1 N–H and O–H groups in total. The van der Waals surface area contributed by atoms with E-state index in [1.165, 1.54) is 18.3 Å². The van der Waals surface area contributed by atoms with Gasteiger partial charge in [-0.1, -0.05) is 36.4 Å². The lowest BCUT2D eigenvalue weighted by Crippen LogP contribution is -2.33. The Morgan fingerprint density at radius 2 is 1.77 bits per heavy atom. The van der Waals surface area contributed by atoms with E-state index >= 15 is 0 Å². The number of nitrogens with one attached hydrogen (secondary N) is 1. The average Bonchev–Trinajstić information content (AvgIpc) is 2.76. The SMILES string of the molecule is CCOc1ccc(S(=O)(=O)C(CNC(=O)Cc2ccccc2)c2cccnc2)cc1. The van der Waals surface area contributed by atoms with Crippen LogP contribution in [0.2, 0.25) is 0 Å². The summed E-state index contributed by atoms with van der Waals surface area (Å²) >= 11 is 0. The largest absolute Gasteiger partial charge is 0.494 e. The van der Waals surface area contributed by atoms with Crippen molar-refractivity contribution in [3.05, 3.63) is 90.3 Å². The molecule has 1 aromatic heterocycles. The van der Waals surface area contributed by atoms with Crippen molar-refractivity contribution in [2.24, 2.45) is 0 Å². The van der Waals surface area contributed by atoms with Gasteiger partial charge in [-0.3, -0.25) is 9.78 Å². The molecule has 3 rings (SSSR count). The summed E-state index contributed by atoms with van der Waals surface area (Å²) in [6.45, 7) is 2.31. The molecule has 3 aromatic rings. The molecule has 0 radical (unpaired) electrons. The van der Waals surface area contributed by atoms with Crippen molar-refractivity contribution in [2.45, 2.75) is 23.5 Å². The van der Waals surface area contributed by atoms with E-state index < -0.39 is 15.1 Å². The standard InChI is InChI=1S/C23H24N2O4S/c1-2-29-20-10-12-21(13-11-20)30(27,28)22(19-9-6-14-24-16-19)17-25-23(26)15-18-7-4-3-5-8-18/h3-14,16,22H,2,15,17H2,1H3,(H,25,26). The summed E-state index contributed by atoms with van der Waals surface area (Å²) in [5, 5.41) is 1.81. The smallest absolute Gasteiger partial charge is 0.224 e. The molecule has 1 heterocycles. The number of sulfone groups is 1. The molecule has 0 aliphatic rings. The topological polar surface area (TPSA) is 85.4 Å². The Morgan fingerprint density at radius 1 is 1.03 bits per heavy atom. The Labute approximate surface area is 176 Å². The second-order valence-electron chi connectivity index (χ2n) is 6.69. The van der Waals surface area contributed by atoms with Crippen LogP contribution in [-0.2, 0) is 21.1 Å². The van der Waals surface area contributed by atoms with Crippen molar-refractivity contribution in [1.82, 2.24) is 10.3 Å². The van der Waals surface area contributed by atoms with Crippen molar-refractivity contribution in [1.29, 1.82) is 0 Å². The van der Waals surface area contributed by atoms with Gasteiger partial charge in [0.1, 0.15) is 11.0 Å². The van der Waals surface area contributed by atoms with E-state index in [0.717, 1.165) is 5.56 Å². The Morgan fingerprint density at radius 3 is 2.40 bits per heavy atom. The normalized spacial score (nSPS) is 12.2. The predicted molar refractivity (Wildman–Crippen MR) is 115 cm³/mol. The Balaban J connectivity index is 1.81. The van der Waals surface area contributed by atoms with Crippen molar-refractivity contribution < 1.29 is 17.9 Å². The molecule has 2 aromatic carbocycles. The maximum atomic E-state index is 13.4. The maximum absolute atomic E-state index is 13.4. The summed E-state index contributed by atoms with van der Waals surface area (Å²) in [7, 11) is -3.76. The summed E-state index contributed by atoms with van der Waals surface area (Å²) in [5.74, 6) is 0.363. The van der Waals surface area contributed by atoms with Crippen LogP contribution in [0.4, 0.5) is 0 Å². The first kappa shape index (κ1) is 21.5. The van der Waals surface area contributed by atoms with E-state index in [-0.39, 0.29) is 23.8 Å². The highest BCUT2D eigenvalue weighted by molar-refractivity contribution is 7.91. The number of carbonyl (C=O) groups excluding carboxylic acids is 1. The minimum Gasteiger partial charge on any atom is -0.494 e. The average molecular weight is 425 g/mol. The van der Waals surface area contributed by atoms with E-state index in [2.05, 4.69) is 10.3 Å². The Bertz CT molecular complexity index is 1050. The van der Waals surface area contributed by atoms with Crippen LogP contribution in [0, 0.1) is 0 Å². The third-order valence-electron chi connectivity index (χ3n) is 4.59. The summed E-state index contributed by atoms with van der Waals surface area (Å²) in [5.41, 5.74) is 1.38. The monoisotopic (exact) mass is 424 g/mol. The van der Waals surface area contributed by atoms with Crippen LogP contribution in [0.3, 0.4) is 0 Å². The Hall–Kier alpha value is -3.19. The van der Waals surface area contributed by atoms with Gasteiger partial charge in [0.05, 0.1) is 17.9 Å². The van der Waals surface area contributed by atoms with Gasteiger partial charge in [0, 0.05) is 18.9 Å². The van der Waals surface area contributed by atoms with Crippen molar-refractivity contribution in [3.8, 4) is 5.75 Å². The van der Waals surface area contributed by atoms with Crippen molar-refractivity contribution in [2.75, 3.05) is 13.2 Å². The number of hydrogen-bond donors (Lipinski definition) is 1. The van der Waals surface area contributed by atoms with Gasteiger partial charge in [0.25, 0.3) is 0 Å². The van der Waals surface area contributed by atoms with E-state index in [1.807, 2.05) is 37.3 Å². The van der Waals surface area contributed by atoms with Gasteiger partial charge in [-0.2, -0.15) is 0 Å². The molecule has 0 saturated carbocycles. The molecule has 156 valence electrons. The van der Waals surface area contributed by atoms with Crippen LogP contribution in [0.5, 0.6) is 5.75 Å². The third-order valence-corrected chi connectivity index (χ3v) is 6.70. The molecule has 0 fully saturated rings. The number of ether oxygens (including phenoxy) is 1. The summed E-state index contributed by atoms with van der Waals surface area (Å²) < 4.78 is 32.1. The molecule has 0 aliphatic heterocycles. The lowest BCUT2D eigenvalue weighted by molar-refractivity contribution is -0.120. The minimum absolute atomic E-state index is 0.0487. The molecular weight excluding hydrogens is 400 g/mol. The fraction of sp³-hybridized carbons (Fsp3) is 0.217. The number of pyridine rings is 1. The fourth-order valence-corrected chi connectivity index (χ4v) is 4.72. The lowest BCUT2D eigenvalue weighted by Gasteiger charge is -2.19. The summed E-state index contributed by atoms with van der Waals surface area (Å²) in [4.78, 5) is 16.6. The highest BCUT2D eigenvalue weighted by Gasteiger charge is 2.30. The van der Waals surface area contributed by atoms with Gasteiger partial charge in [0.2, 0.25) is 5.91 Å². The first-order valence-corrected chi connectivity index (χ1v) is 11.2. The van der Waals surface area contributed by atoms with Gasteiger partial charge in [0.15, 0.2) is 9.84 Å². The first-order chi connectivity index (χ1) is 14.5. The number of carbonyl (C=O) groups is 1. The molecular formula is C23H24N2O4S. The number of hydrogen-bond acceptors (Lipinski definition) is 5. The molecule has 0 saturated heterocycles. The van der Waals surface area contributed by atoms with Gasteiger partial charge >= 0.3 is 0 Å². The van der Waals surface area contributed by atoms with E-state index in [4.69, 9.17) is 4.74 Å². The molecule has 0 aliphatic carbocycles. The highest BCUT2D eigenvalue weighted by Crippen LogP contribution is 2.29. The van der Waals surface area contributed by atoms with E-state index in [9.17, 15) is 13.2 Å². The van der Waals surface area contributed by atoms with E-state index in [0.29, 0.717) is 17.9 Å². The van der Waals surface area contributed by atoms with Gasteiger partial charge in [-0.15, -0.1) is 0 Å². The third kappa shape index (κ3) is 5.45. The fourth-order valence-electron chi connectivity index (χ4n) is 3.08. The molecule has 0 bridgehead atoms.